The van der Waals surface area contributed by atoms with Gasteiger partial charge >= 0.3 is 0 Å². The van der Waals surface area contributed by atoms with E-state index in [2.05, 4.69) is 15.3 Å². The normalized spacial score (nSPS) is 22.5. The van der Waals surface area contributed by atoms with Crippen LogP contribution in [0.15, 0.2) is 12.4 Å². The average Bonchev–Trinajstić information content (AvgIpc) is 2.87. The first-order valence-electron chi connectivity index (χ1n) is 7.20. The Balaban J connectivity index is 1.87. The van der Waals surface area contributed by atoms with Gasteiger partial charge in [-0.3, -0.25) is 9.48 Å². The Labute approximate surface area is 125 Å². The SMILES string of the molecule is CN(C)CCO[C@@H]1CCOC[C@@H]1NC(=O)c1cnn(C)c1. The predicted octanol–water partition coefficient (Wildman–Crippen LogP) is -0.114. The Hall–Kier alpha value is -1.44. The number of carbonyl (C=O) groups excluding carboxylic acids is 1. The van der Waals surface area contributed by atoms with Crippen molar-refractivity contribution >= 4 is 5.91 Å². The highest BCUT2D eigenvalue weighted by Gasteiger charge is 2.28. The van der Waals surface area contributed by atoms with Crippen LogP contribution in [0.2, 0.25) is 0 Å². The minimum absolute atomic E-state index is 0.000628. The molecule has 0 spiro atoms. The number of nitrogens with one attached hydrogen (secondary N) is 1. The van der Waals surface area contributed by atoms with Gasteiger partial charge < -0.3 is 19.7 Å². The molecule has 0 bridgehead atoms. The van der Waals surface area contributed by atoms with Gasteiger partial charge in [-0.2, -0.15) is 5.10 Å². The third-order valence-corrected chi connectivity index (χ3v) is 3.45. The van der Waals surface area contributed by atoms with Crippen molar-refractivity contribution in [2.24, 2.45) is 7.05 Å². The second-order valence-electron chi connectivity index (χ2n) is 5.56. The van der Waals surface area contributed by atoms with E-state index in [4.69, 9.17) is 9.47 Å². The van der Waals surface area contributed by atoms with E-state index in [-0.39, 0.29) is 18.1 Å². The van der Waals surface area contributed by atoms with Crippen LogP contribution in [0.25, 0.3) is 0 Å². The lowest BCUT2D eigenvalue weighted by atomic mass is 10.1. The first-order chi connectivity index (χ1) is 10.1. The molecule has 0 radical (unpaired) electrons. The molecule has 0 aliphatic carbocycles. The zero-order valence-corrected chi connectivity index (χ0v) is 12.9. The summed E-state index contributed by atoms with van der Waals surface area (Å²) in [7, 11) is 5.80. The van der Waals surface area contributed by atoms with Crippen LogP contribution >= 0.6 is 0 Å². The van der Waals surface area contributed by atoms with Crippen LogP contribution in [0, 0.1) is 0 Å². The summed E-state index contributed by atoms with van der Waals surface area (Å²) in [6.07, 6.45) is 4.05. The van der Waals surface area contributed by atoms with Crippen molar-refractivity contribution in [2.45, 2.75) is 18.6 Å². The maximum Gasteiger partial charge on any atom is 0.254 e. The van der Waals surface area contributed by atoms with Gasteiger partial charge in [0, 0.05) is 26.4 Å². The highest BCUT2D eigenvalue weighted by atomic mass is 16.5. The fourth-order valence-corrected chi connectivity index (χ4v) is 2.23. The van der Waals surface area contributed by atoms with Gasteiger partial charge in [0.25, 0.3) is 5.91 Å². The largest absolute Gasteiger partial charge is 0.379 e. The van der Waals surface area contributed by atoms with Gasteiger partial charge in [-0.05, 0) is 20.5 Å². The molecule has 2 atom stereocenters. The van der Waals surface area contributed by atoms with Gasteiger partial charge in [-0.15, -0.1) is 0 Å². The lowest BCUT2D eigenvalue weighted by Gasteiger charge is -2.32. The number of hydrogen-bond donors (Lipinski definition) is 1. The molecule has 7 heteroatoms. The molecule has 0 saturated carbocycles. The van der Waals surface area contributed by atoms with E-state index >= 15 is 0 Å². The molecule has 1 aromatic heterocycles. The molecule has 21 heavy (non-hydrogen) atoms. The first kappa shape index (κ1) is 15.9. The van der Waals surface area contributed by atoms with Crippen molar-refractivity contribution in [1.82, 2.24) is 20.0 Å². The number of aromatic nitrogens is 2. The van der Waals surface area contributed by atoms with Crippen LogP contribution in [-0.4, -0.2) is 73.2 Å². The van der Waals surface area contributed by atoms with Crippen molar-refractivity contribution in [2.75, 3.05) is 40.5 Å². The molecule has 1 aliphatic heterocycles. The molecule has 2 heterocycles. The summed E-state index contributed by atoms with van der Waals surface area (Å²) >= 11 is 0. The standard InChI is InChI=1S/C14H24N4O3/c1-17(2)5-7-21-13-4-6-20-10-12(13)16-14(19)11-8-15-18(3)9-11/h8-9,12-13H,4-7,10H2,1-3H3,(H,16,19)/t12-,13+/m0/s1. The Morgan fingerprint density at radius 2 is 2.43 bits per heavy atom. The van der Waals surface area contributed by atoms with E-state index in [9.17, 15) is 4.79 Å². The van der Waals surface area contributed by atoms with Gasteiger partial charge in [0.2, 0.25) is 0 Å². The first-order valence-corrected chi connectivity index (χ1v) is 7.20. The molecule has 1 N–H and O–H groups in total. The van der Waals surface area contributed by atoms with Crippen LogP contribution in [0.5, 0.6) is 0 Å². The molecule has 118 valence electrons. The minimum atomic E-state index is -0.139. The highest BCUT2D eigenvalue weighted by Crippen LogP contribution is 2.13. The van der Waals surface area contributed by atoms with E-state index < -0.39 is 0 Å². The van der Waals surface area contributed by atoms with E-state index in [1.165, 1.54) is 0 Å². The van der Waals surface area contributed by atoms with E-state index in [1.807, 2.05) is 14.1 Å². The van der Waals surface area contributed by atoms with Crippen LogP contribution < -0.4 is 5.32 Å². The van der Waals surface area contributed by atoms with Crippen molar-refractivity contribution in [1.29, 1.82) is 0 Å². The topological polar surface area (TPSA) is 68.6 Å². The molecule has 1 amide bonds. The number of aryl methyl sites for hydroxylation is 1. The second-order valence-corrected chi connectivity index (χ2v) is 5.56. The number of nitrogens with zero attached hydrogens (tertiary/aromatic N) is 3. The lowest BCUT2D eigenvalue weighted by Crippen LogP contribution is -2.51. The van der Waals surface area contributed by atoms with Gasteiger partial charge in [0.05, 0.1) is 37.1 Å². The lowest BCUT2D eigenvalue weighted by molar-refractivity contribution is -0.0561. The zero-order valence-electron chi connectivity index (χ0n) is 12.9. The maximum atomic E-state index is 12.2. The monoisotopic (exact) mass is 296 g/mol. The van der Waals surface area contributed by atoms with Crippen LogP contribution in [0.4, 0.5) is 0 Å². The van der Waals surface area contributed by atoms with E-state index in [0.29, 0.717) is 25.4 Å². The number of carbonyl (C=O) groups is 1. The minimum Gasteiger partial charge on any atom is -0.379 e. The number of amides is 1. The van der Waals surface area contributed by atoms with Crippen molar-refractivity contribution in [3.05, 3.63) is 18.0 Å². The van der Waals surface area contributed by atoms with Crippen LogP contribution in [-0.2, 0) is 16.5 Å². The molecule has 7 nitrogen and oxygen atoms in total. The molecule has 1 aromatic rings. The molecule has 2 rings (SSSR count). The van der Waals surface area contributed by atoms with Crippen molar-refractivity contribution < 1.29 is 14.3 Å². The maximum absolute atomic E-state index is 12.2. The number of rotatable bonds is 6. The summed E-state index contributed by atoms with van der Waals surface area (Å²) in [5.41, 5.74) is 0.551. The average molecular weight is 296 g/mol. The van der Waals surface area contributed by atoms with E-state index in [0.717, 1.165) is 13.0 Å². The van der Waals surface area contributed by atoms with Crippen LogP contribution in [0.1, 0.15) is 16.8 Å². The third kappa shape index (κ3) is 4.80. The van der Waals surface area contributed by atoms with Gasteiger partial charge in [0.1, 0.15) is 0 Å². The molecule has 1 fully saturated rings. The Kier molecular flexibility index (Phi) is 5.72. The molecule has 1 aliphatic rings. The van der Waals surface area contributed by atoms with Gasteiger partial charge in [-0.25, -0.2) is 0 Å². The summed E-state index contributed by atoms with van der Waals surface area (Å²) in [6.45, 7) is 2.67. The van der Waals surface area contributed by atoms with Gasteiger partial charge in [-0.1, -0.05) is 0 Å². The zero-order chi connectivity index (χ0) is 15.2. The predicted molar refractivity (Wildman–Crippen MR) is 78.2 cm³/mol. The third-order valence-electron chi connectivity index (χ3n) is 3.45. The van der Waals surface area contributed by atoms with Crippen molar-refractivity contribution in [3.8, 4) is 0 Å². The molecule has 1 saturated heterocycles. The van der Waals surface area contributed by atoms with Gasteiger partial charge in [0.15, 0.2) is 0 Å². The Morgan fingerprint density at radius 3 is 3.10 bits per heavy atom. The fourth-order valence-electron chi connectivity index (χ4n) is 2.23. The quantitative estimate of drug-likeness (QED) is 0.793. The summed E-state index contributed by atoms with van der Waals surface area (Å²) in [4.78, 5) is 14.2. The van der Waals surface area contributed by atoms with Crippen LogP contribution in [0.3, 0.4) is 0 Å². The Morgan fingerprint density at radius 1 is 1.62 bits per heavy atom. The number of likely N-dealkylation sites (N-methyl/N-ethyl adjacent to an activating group) is 1. The summed E-state index contributed by atoms with van der Waals surface area (Å²) in [6, 6.07) is -0.117. The molecule has 0 aromatic carbocycles. The molecular weight excluding hydrogens is 272 g/mol. The Bertz CT molecular complexity index is 461. The summed E-state index contributed by atoms with van der Waals surface area (Å²) in [5, 5.41) is 6.99. The smallest absolute Gasteiger partial charge is 0.254 e. The molecule has 0 unspecified atom stereocenters. The van der Waals surface area contributed by atoms with Crippen molar-refractivity contribution in [3.63, 3.8) is 0 Å². The number of ether oxygens (including phenoxy) is 2. The fraction of sp³-hybridized carbons (Fsp3) is 0.714. The summed E-state index contributed by atoms with van der Waals surface area (Å²) in [5.74, 6) is -0.139. The highest BCUT2D eigenvalue weighted by molar-refractivity contribution is 5.93. The van der Waals surface area contributed by atoms with E-state index in [1.54, 1.807) is 24.1 Å². The second kappa shape index (κ2) is 7.53. The number of hydrogen-bond acceptors (Lipinski definition) is 5. The summed E-state index contributed by atoms with van der Waals surface area (Å²) < 4.78 is 13.0. The molecular formula is C14H24N4O3.